The Kier molecular flexibility index (Phi) is 9.10. The second-order valence-electron chi connectivity index (χ2n) is 6.13. The van der Waals surface area contributed by atoms with Crippen LogP contribution >= 0.6 is 23.2 Å². The van der Waals surface area contributed by atoms with Gasteiger partial charge in [0.05, 0.1) is 19.9 Å². The number of nitrogens with one attached hydrogen (secondary N) is 2. The molecule has 1 heterocycles. The number of aromatic amines is 1. The summed E-state index contributed by atoms with van der Waals surface area (Å²) in [4.78, 5) is 33.3. The lowest BCUT2D eigenvalue weighted by atomic mass is 10.1. The van der Waals surface area contributed by atoms with Gasteiger partial charge in [0.1, 0.15) is 6.04 Å². The molecule has 7 nitrogen and oxygen atoms in total. The molecule has 0 fully saturated rings. The first-order valence-electron chi connectivity index (χ1n) is 8.87. The van der Waals surface area contributed by atoms with Gasteiger partial charge in [-0.05, 0) is 17.7 Å². The van der Waals surface area contributed by atoms with Crippen molar-refractivity contribution in [2.24, 2.45) is 0 Å². The molecule has 2 N–H and O–H groups in total. The molecular formula is C19H24Cl2N4O3. The number of esters is 1. The Labute approximate surface area is 174 Å². The van der Waals surface area contributed by atoms with Crippen molar-refractivity contribution in [3.8, 4) is 0 Å². The van der Waals surface area contributed by atoms with E-state index in [1.165, 1.54) is 13.4 Å². The number of carbonyl (C=O) groups is 2. The van der Waals surface area contributed by atoms with Gasteiger partial charge in [-0.1, -0.05) is 12.1 Å². The largest absolute Gasteiger partial charge is 0.467 e. The fraction of sp³-hybridized carbons (Fsp3) is 0.421. The maximum absolute atomic E-state index is 12.4. The standard InChI is InChI=1S/C19H24Cl2N4O3/c1-28-19(27)17(11-15-12-22-13-23-15)24-18(26)10-14-2-4-16(5-3-14)25(8-6-20)9-7-21/h2-5,12-13,17H,6-11H2,1H3,(H,22,23)(H,24,26)/t17-/m0/s1. The number of hydrogen-bond donors (Lipinski definition) is 2. The third-order valence-electron chi connectivity index (χ3n) is 4.17. The van der Waals surface area contributed by atoms with Crippen molar-refractivity contribution in [3.05, 3.63) is 48.0 Å². The van der Waals surface area contributed by atoms with E-state index >= 15 is 0 Å². The van der Waals surface area contributed by atoms with Gasteiger partial charge in [-0.2, -0.15) is 0 Å². The van der Waals surface area contributed by atoms with Gasteiger partial charge in [-0.15, -0.1) is 23.2 Å². The van der Waals surface area contributed by atoms with Gasteiger partial charge < -0.3 is 19.9 Å². The summed E-state index contributed by atoms with van der Waals surface area (Å²) >= 11 is 11.7. The van der Waals surface area contributed by atoms with Crippen LogP contribution in [0.3, 0.4) is 0 Å². The molecule has 2 aromatic rings. The summed E-state index contributed by atoms with van der Waals surface area (Å²) in [5.74, 6) is 0.246. The normalized spacial score (nSPS) is 11.7. The van der Waals surface area contributed by atoms with Crippen LogP contribution in [0.4, 0.5) is 5.69 Å². The zero-order chi connectivity index (χ0) is 20.4. The highest BCUT2D eigenvalue weighted by Crippen LogP contribution is 2.16. The van der Waals surface area contributed by atoms with E-state index in [-0.39, 0.29) is 18.7 Å². The molecular weight excluding hydrogens is 403 g/mol. The van der Waals surface area contributed by atoms with Crippen LogP contribution < -0.4 is 10.2 Å². The lowest BCUT2D eigenvalue weighted by Gasteiger charge is -2.23. The van der Waals surface area contributed by atoms with Crippen LogP contribution in [0.15, 0.2) is 36.8 Å². The van der Waals surface area contributed by atoms with Gasteiger partial charge in [0.25, 0.3) is 0 Å². The smallest absolute Gasteiger partial charge is 0.328 e. The summed E-state index contributed by atoms with van der Waals surface area (Å²) in [5, 5.41) is 2.73. The highest BCUT2D eigenvalue weighted by Gasteiger charge is 2.22. The number of imidazole rings is 1. The van der Waals surface area contributed by atoms with E-state index in [1.807, 2.05) is 24.3 Å². The number of halogens is 2. The number of methoxy groups -OCH3 is 1. The number of alkyl halides is 2. The summed E-state index contributed by atoms with van der Waals surface area (Å²) in [6, 6.07) is 6.85. The van der Waals surface area contributed by atoms with Crippen molar-refractivity contribution >= 4 is 40.8 Å². The Bertz CT molecular complexity index is 732. The van der Waals surface area contributed by atoms with Crippen molar-refractivity contribution in [3.63, 3.8) is 0 Å². The van der Waals surface area contributed by atoms with Gasteiger partial charge in [0, 0.05) is 48.8 Å². The number of benzene rings is 1. The van der Waals surface area contributed by atoms with Crippen molar-refractivity contribution < 1.29 is 14.3 Å². The third kappa shape index (κ3) is 6.73. The van der Waals surface area contributed by atoms with Crippen LogP contribution in [0.2, 0.25) is 0 Å². The van der Waals surface area contributed by atoms with Crippen LogP contribution in [0.1, 0.15) is 11.3 Å². The number of aromatic nitrogens is 2. The highest BCUT2D eigenvalue weighted by atomic mass is 35.5. The Balaban J connectivity index is 1.97. The minimum Gasteiger partial charge on any atom is -0.467 e. The number of nitrogens with zero attached hydrogens (tertiary/aromatic N) is 2. The summed E-state index contributed by atoms with van der Waals surface area (Å²) in [6.07, 6.45) is 3.56. The van der Waals surface area contributed by atoms with Crippen LogP contribution in [0.25, 0.3) is 0 Å². The molecule has 2 rings (SSSR count). The van der Waals surface area contributed by atoms with Crippen LogP contribution in [-0.2, 0) is 27.2 Å². The van der Waals surface area contributed by atoms with Gasteiger partial charge in [-0.3, -0.25) is 4.79 Å². The number of hydrogen-bond acceptors (Lipinski definition) is 5. The molecule has 1 atom stereocenters. The number of rotatable bonds is 11. The summed E-state index contributed by atoms with van der Waals surface area (Å²) in [7, 11) is 1.29. The lowest BCUT2D eigenvalue weighted by molar-refractivity contribution is -0.145. The van der Waals surface area contributed by atoms with Gasteiger partial charge in [0.15, 0.2) is 0 Å². The van der Waals surface area contributed by atoms with E-state index in [4.69, 9.17) is 27.9 Å². The van der Waals surface area contributed by atoms with E-state index < -0.39 is 12.0 Å². The van der Waals surface area contributed by atoms with Crippen molar-refractivity contribution in [1.82, 2.24) is 15.3 Å². The Morgan fingerprint density at radius 1 is 1.21 bits per heavy atom. The summed E-state index contributed by atoms with van der Waals surface area (Å²) in [6.45, 7) is 1.39. The van der Waals surface area contributed by atoms with E-state index in [2.05, 4.69) is 20.2 Å². The fourth-order valence-electron chi connectivity index (χ4n) is 2.78. The first-order chi connectivity index (χ1) is 13.6. The van der Waals surface area contributed by atoms with Crippen LogP contribution in [-0.4, -0.2) is 59.8 Å². The zero-order valence-corrected chi connectivity index (χ0v) is 17.2. The molecule has 0 aliphatic carbocycles. The topological polar surface area (TPSA) is 87.3 Å². The average Bonchev–Trinajstić information content (AvgIpc) is 3.20. The van der Waals surface area contributed by atoms with E-state index in [0.717, 1.165) is 16.9 Å². The zero-order valence-electron chi connectivity index (χ0n) is 15.7. The van der Waals surface area contributed by atoms with Crippen molar-refractivity contribution in [1.29, 1.82) is 0 Å². The van der Waals surface area contributed by atoms with Gasteiger partial charge >= 0.3 is 5.97 Å². The summed E-state index contributed by atoms with van der Waals surface area (Å²) < 4.78 is 4.79. The predicted molar refractivity (Wildman–Crippen MR) is 110 cm³/mol. The minimum absolute atomic E-state index is 0.155. The first-order valence-corrected chi connectivity index (χ1v) is 9.94. The Morgan fingerprint density at radius 3 is 2.43 bits per heavy atom. The molecule has 0 saturated heterocycles. The second-order valence-corrected chi connectivity index (χ2v) is 6.89. The number of H-pyrrole nitrogens is 1. The molecule has 9 heteroatoms. The molecule has 0 unspecified atom stereocenters. The average molecular weight is 427 g/mol. The van der Waals surface area contributed by atoms with Gasteiger partial charge in [-0.25, -0.2) is 9.78 Å². The molecule has 1 aromatic heterocycles. The lowest BCUT2D eigenvalue weighted by Crippen LogP contribution is -2.43. The first kappa shape index (κ1) is 22.0. The van der Waals surface area contributed by atoms with Crippen LogP contribution in [0.5, 0.6) is 0 Å². The number of anilines is 1. The number of carbonyl (C=O) groups excluding carboxylic acids is 2. The SMILES string of the molecule is COC(=O)[C@H](Cc1cnc[nH]1)NC(=O)Cc1ccc(N(CCCl)CCCl)cc1. The molecule has 0 spiro atoms. The molecule has 28 heavy (non-hydrogen) atoms. The number of ether oxygens (including phenoxy) is 1. The number of amides is 1. The van der Waals surface area contributed by atoms with E-state index in [0.29, 0.717) is 24.8 Å². The highest BCUT2D eigenvalue weighted by molar-refractivity contribution is 6.18. The van der Waals surface area contributed by atoms with E-state index in [1.54, 1.807) is 6.20 Å². The molecule has 0 aliphatic heterocycles. The molecule has 1 aromatic carbocycles. The second kappa shape index (κ2) is 11.6. The summed E-state index contributed by atoms with van der Waals surface area (Å²) in [5.41, 5.74) is 2.57. The van der Waals surface area contributed by atoms with Crippen molar-refractivity contribution in [2.45, 2.75) is 18.9 Å². The maximum Gasteiger partial charge on any atom is 0.328 e. The Hall–Kier alpha value is -2.25. The quantitative estimate of drug-likeness (QED) is 0.424. The maximum atomic E-state index is 12.4. The fourth-order valence-corrected chi connectivity index (χ4v) is 3.19. The Morgan fingerprint density at radius 2 is 1.89 bits per heavy atom. The monoisotopic (exact) mass is 426 g/mol. The van der Waals surface area contributed by atoms with Gasteiger partial charge in [0.2, 0.25) is 5.91 Å². The molecule has 0 aliphatic rings. The predicted octanol–water partition coefficient (Wildman–Crippen LogP) is 2.14. The minimum atomic E-state index is -0.778. The van der Waals surface area contributed by atoms with E-state index in [9.17, 15) is 9.59 Å². The van der Waals surface area contributed by atoms with Crippen molar-refractivity contribution in [2.75, 3.05) is 36.9 Å². The third-order valence-corrected chi connectivity index (χ3v) is 4.51. The molecule has 0 radical (unpaired) electrons. The molecule has 1 amide bonds. The van der Waals surface area contributed by atoms with Crippen LogP contribution in [0, 0.1) is 0 Å². The molecule has 0 saturated carbocycles. The molecule has 0 bridgehead atoms. The molecule has 152 valence electrons.